The summed E-state index contributed by atoms with van der Waals surface area (Å²) >= 11 is 5.99. The molecular formula is C13H11ClFN5. The minimum atomic E-state index is -0.386. The highest BCUT2D eigenvalue weighted by molar-refractivity contribution is 6.33. The van der Waals surface area contributed by atoms with Gasteiger partial charge in [-0.1, -0.05) is 11.6 Å². The van der Waals surface area contributed by atoms with Crippen molar-refractivity contribution in [3.8, 4) is 0 Å². The first kappa shape index (κ1) is 12.8. The molecule has 5 nitrogen and oxygen atoms in total. The normalized spacial score (nSPS) is 10.9. The molecule has 0 aliphatic rings. The van der Waals surface area contributed by atoms with Crippen molar-refractivity contribution in [2.45, 2.75) is 13.5 Å². The van der Waals surface area contributed by atoms with Crippen LogP contribution in [-0.2, 0) is 6.54 Å². The number of halogens is 2. The number of aryl methyl sites for hydroxylation is 1. The number of rotatable bonds is 3. The van der Waals surface area contributed by atoms with Gasteiger partial charge in [0.2, 0.25) is 0 Å². The molecule has 1 aromatic carbocycles. The average molecular weight is 292 g/mol. The summed E-state index contributed by atoms with van der Waals surface area (Å²) in [5.74, 6) is 0.152. The molecule has 0 aliphatic carbocycles. The Bertz CT molecular complexity index is 771. The predicted molar refractivity (Wildman–Crippen MR) is 75.7 cm³/mol. The number of hydrogen-bond donors (Lipinski definition) is 1. The predicted octanol–water partition coefficient (Wildman–Crippen LogP) is 3.38. The van der Waals surface area contributed by atoms with E-state index in [1.165, 1.54) is 18.5 Å². The van der Waals surface area contributed by atoms with Crippen LogP contribution >= 0.6 is 11.6 Å². The van der Waals surface area contributed by atoms with Crippen LogP contribution in [0.1, 0.15) is 6.92 Å². The first-order valence-electron chi connectivity index (χ1n) is 6.07. The summed E-state index contributed by atoms with van der Waals surface area (Å²) in [6.07, 6.45) is 3.16. The molecule has 0 aliphatic heterocycles. The van der Waals surface area contributed by atoms with Crippen LogP contribution < -0.4 is 5.32 Å². The zero-order valence-electron chi connectivity index (χ0n) is 10.6. The zero-order chi connectivity index (χ0) is 14.1. The van der Waals surface area contributed by atoms with Gasteiger partial charge >= 0.3 is 0 Å². The van der Waals surface area contributed by atoms with Crippen molar-refractivity contribution >= 4 is 34.3 Å². The number of imidazole rings is 1. The van der Waals surface area contributed by atoms with E-state index >= 15 is 0 Å². The van der Waals surface area contributed by atoms with Crippen molar-refractivity contribution in [1.29, 1.82) is 0 Å². The van der Waals surface area contributed by atoms with Gasteiger partial charge in [0.15, 0.2) is 17.0 Å². The molecule has 7 heteroatoms. The zero-order valence-corrected chi connectivity index (χ0v) is 11.4. The van der Waals surface area contributed by atoms with Crippen LogP contribution in [-0.4, -0.2) is 19.5 Å². The van der Waals surface area contributed by atoms with E-state index in [1.54, 1.807) is 12.4 Å². The maximum absolute atomic E-state index is 13.0. The molecule has 0 spiro atoms. The summed E-state index contributed by atoms with van der Waals surface area (Å²) in [5, 5.41) is 3.34. The minimum Gasteiger partial charge on any atom is -0.337 e. The molecule has 0 amide bonds. The maximum Gasteiger partial charge on any atom is 0.165 e. The molecule has 0 unspecified atom stereocenters. The van der Waals surface area contributed by atoms with Gasteiger partial charge in [-0.05, 0) is 25.1 Å². The van der Waals surface area contributed by atoms with Crippen molar-refractivity contribution in [1.82, 2.24) is 19.5 Å². The van der Waals surface area contributed by atoms with Crippen molar-refractivity contribution in [3.63, 3.8) is 0 Å². The van der Waals surface area contributed by atoms with Crippen molar-refractivity contribution in [3.05, 3.63) is 41.7 Å². The molecule has 0 atom stereocenters. The van der Waals surface area contributed by atoms with Crippen molar-refractivity contribution < 1.29 is 4.39 Å². The second-order valence-corrected chi connectivity index (χ2v) is 4.58. The largest absolute Gasteiger partial charge is 0.337 e. The fourth-order valence-corrected chi connectivity index (χ4v) is 2.14. The standard InChI is InChI=1S/C13H11ClFN5/c1-2-20-7-18-11-12(16-6-17-13(11)20)19-10-4-3-8(15)5-9(10)14/h3-7H,2H2,1H3,(H,16,17,19). The number of nitrogens with one attached hydrogen (secondary N) is 1. The van der Waals surface area contributed by atoms with E-state index in [2.05, 4.69) is 20.3 Å². The molecule has 2 aromatic heterocycles. The Morgan fingerprint density at radius 3 is 2.90 bits per heavy atom. The fraction of sp³-hybridized carbons (Fsp3) is 0.154. The topological polar surface area (TPSA) is 55.6 Å². The van der Waals surface area contributed by atoms with Crippen LogP contribution in [0.2, 0.25) is 5.02 Å². The Labute approximate surface area is 119 Å². The van der Waals surface area contributed by atoms with Gasteiger partial charge in [0, 0.05) is 6.54 Å². The van der Waals surface area contributed by atoms with E-state index in [-0.39, 0.29) is 10.8 Å². The summed E-state index contributed by atoms with van der Waals surface area (Å²) in [7, 11) is 0. The van der Waals surface area contributed by atoms with E-state index in [4.69, 9.17) is 11.6 Å². The van der Waals surface area contributed by atoms with Gasteiger partial charge in [-0.25, -0.2) is 19.3 Å². The lowest BCUT2D eigenvalue weighted by atomic mass is 10.3. The second kappa shape index (κ2) is 5.05. The van der Waals surface area contributed by atoms with Gasteiger partial charge in [0.1, 0.15) is 12.1 Å². The number of aromatic nitrogens is 4. The second-order valence-electron chi connectivity index (χ2n) is 4.17. The third-order valence-corrected chi connectivity index (χ3v) is 3.24. The van der Waals surface area contributed by atoms with E-state index in [1.807, 2.05) is 11.5 Å². The number of benzene rings is 1. The first-order chi connectivity index (χ1) is 9.69. The van der Waals surface area contributed by atoms with Gasteiger partial charge in [0.25, 0.3) is 0 Å². The Balaban J connectivity index is 2.04. The lowest BCUT2D eigenvalue weighted by molar-refractivity contribution is 0.628. The summed E-state index contributed by atoms with van der Waals surface area (Å²) < 4.78 is 14.9. The minimum absolute atomic E-state index is 0.284. The highest BCUT2D eigenvalue weighted by Crippen LogP contribution is 2.27. The number of fused-ring (bicyclic) bond motifs is 1. The van der Waals surface area contributed by atoms with Crippen LogP contribution in [0.5, 0.6) is 0 Å². The molecular weight excluding hydrogens is 281 g/mol. The Hall–Kier alpha value is -2.21. The van der Waals surface area contributed by atoms with E-state index in [0.717, 1.165) is 12.2 Å². The Morgan fingerprint density at radius 2 is 2.15 bits per heavy atom. The van der Waals surface area contributed by atoms with Crippen LogP contribution in [0.15, 0.2) is 30.9 Å². The summed E-state index contributed by atoms with van der Waals surface area (Å²) in [6, 6.07) is 4.13. The maximum atomic E-state index is 13.0. The summed E-state index contributed by atoms with van der Waals surface area (Å²) in [6.45, 7) is 2.78. The molecule has 20 heavy (non-hydrogen) atoms. The molecule has 3 rings (SSSR count). The van der Waals surface area contributed by atoms with E-state index in [9.17, 15) is 4.39 Å². The van der Waals surface area contributed by atoms with Crippen LogP contribution in [0.25, 0.3) is 11.2 Å². The van der Waals surface area contributed by atoms with Crippen LogP contribution in [0.3, 0.4) is 0 Å². The highest BCUT2D eigenvalue weighted by Gasteiger charge is 2.11. The van der Waals surface area contributed by atoms with Gasteiger partial charge in [-0.3, -0.25) is 0 Å². The molecule has 3 aromatic rings. The highest BCUT2D eigenvalue weighted by atomic mass is 35.5. The molecule has 0 radical (unpaired) electrons. The molecule has 2 heterocycles. The number of anilines is 2. The molecule has 0 fully saturated rings. The van der Waals surface area contributed by atoms with Gasteiger partial charge < -0.3 is 9.88 Å². The lowest BCUT2D eigenvalue weighted by Gasteiger charge is -2.08. The molecule has 0 saturated carbocycles. The van der Waals surface area contributed by atoms with E-state index < -0.39 is 0 Å². The van der Waals surface area contributed by atoms with Gasteiger partial charge in [0.05, 0.1) is 17.0 Å². The van der Waals surface area contributed by atoms with Crippen LogP contribution in [0, 0.1) is 5.82 Å². The van der Waals surface area contributed by atoms with Crippen molar-refractivity contribution in [2.75, 3.05) is 5.32 Å². The Morgan fingerprint density at radius 1 is 1.30 bits per heavy atom. The van der Waals surface area contributed by atoms with Gasteiger partial charge in [-0.2, -0.15) is 0 Å². The molecule has 1 N–H and O–H groups in total. The van der Waals surface area contributed by atoms with E-state index in [0.29, 0.717) is 17.0 Å². The van der Waals surface area contributed by atoms with Crippen LogP contribution in [0.4, 0.5) is 15.9 Å². The fourth-order valence-electron chi connectivity index (χ4n) is 1.92. The molecule has 102 valence electrons. The Kier molecular flexibility index (Phi) is 3.23. The monoisotopic (exact) mass is 291 g/mol. The SMILES string of the molecule is CCn1cnc2c(Nc3ccc(F)cc3Cl)ncnc21. The summed E-state index contributed by atoms with van der Waals surface area (Å²) in [5.41, 5.74) is 1.96. The quantitative estimate of drug-likeness (QED) is 0.804. The molecule has 0 saturated heterocycles. The first-order valence-corrected chi connectivity index (χ1v) is 6.44. The third kappa shape index (κ3) is 2.18. The summed E-state index contributed by atoms with van der Waals surface area (Å²) in [4.78, 5) is 12.7. The number of hydrogen-bond acceptors (Lipinski definition) is 4. The smallest absolute Gasteiger partial charge is 0.165 e. The average Bonchev–Trinajstić information content (AvgIpc) is 2.86. The lowest BCUT2D eigenvalue weighted by Crippen LogP contribution is -1.98. The molecule has 0 bridgehead atoms. The van der Waals surface area contributed by atoms with Gasteiger partial charge in [-0.15, -0.1) is 0 Å². The number of nitrogens with zero attached hydrogens (tertiary/aromatic N) is 4. The van der Waals surface area contributed by atoms with Crippen molar-refractivity contribution in [2.24, 2.45) is 0 Å². The third-order valence-electron chi connectivity index (χ3n) is 2.93.